The van der Waals surface area contributed by atoms with E-state index in [4.69, 9.17) is 5.73 Å². The van der Waals surface area contributed by atoms with Gasteiger partial charge in [-0.1, -0.05) is 12.1 Å². The van der Waals surface area contributed by atoms with Gasteiger partial charge in [0.15, 0.2) is 0 Å². The van der Waals surface area contributed by atoms with Gasteiger partial charge in [0.05, 0.1) is 6.42 Å². The summed E-state index contributed by atoms with van der Waals surface area (Å²) in [5, 5.41) is 2.58. The maximum absolute atomic E-state index is 14.0. The monoisotopic (exact) mass is 415 g/mol. The van der Waals surface area contributed by atoms with Crippen molar-refractivity contribution in [2.45, 2.75) is 37.6 Å². The van der Waals surface area contributed by atoms with E-state index < -0.39 is 26.3 Å². The van der Waals surface area contributed by atoms with Crippen LogP contribution in [0.4, 0.5) is 15.8 Å². The first-order valence-corrected chi connectivity index (χ1v) is 9.42. The summed E-state index contributed by atoms with van der Waals surface area (Å²) in [5.74, 6) is -1.24. The van der Waals surface area contributed by atoms with E-state index in [-0.39, 0.29) is 30.4 Å². The topological polar surface area (TPSA) is 101 Å². The molecule has 0 bridgehead atoms. The van der Waals surface area contributed by atoms with Crippen molar-refractivity contribution in [1.29, 1.82) is 0 Å². The Morgan fingerprint density at radius 3 is 2.26 bits per heavy atom. The first kappa shape index (κ1) is 22.9. The van der Waals surface area contributed by atoms with Crippen LogP contribution in [0.3, 0.4) is 0 Å². The number of nitrogen functional groups attached to an aromatic ring is 1. The molecule has 0 atom stereocenters. The summed E-state index contributed by atoms with van der Waals surface area (Å²) >= 11 is 0. The van der Waals surface area contributed by atoms with E-state index in [0.717, 1.165) is 17.7 Å². The average Bonchev–Trinajstić information content (AvgIpc) is 2.49. The van der Waals surface area contributed by atoms with Crippen molar-refractivity contribution in [3.8, 4) is 0 Å². The summed E-state index contributed by atoms with van der Waals surface area (Å²) in [6.07, 6.45) is 0.0833. The Hall–Kier alpha value is -2.16. The summed E-state index contributed by atoms with van der Waals surface area (Å²) in [6, 6.07) is 10.2. The van der Waals surface area contributed by atoms with E-state index in [1.807, 2.05) is 0 Å². The van der Waals surface area contributed by atoms with Gasteiger partial charge >= 0.3 is 0 Å². The normalized spacial score (nSPS) is 11.6. The predicted octanol–water partition coefficient (Wildman–Crippen LogP) is 3.09. The van der Waals surface area contributed by atoms with E-state index in [9.17, 15) is 17.6 Å². The van der Waals surface area contributed by atoms with Gasteiger partial charge in [0.2, 0.25) is 15.9 Å². The van der Waals surface area contributed by atoms with Gasteiger partial charge in [-0.3, -0.25) is 4.79 Å². The first-order valence-electron chi connectivity index (χ1n) is 7.94. The van der Waals surface area contributed by atoms with Crippen LogP contribution >= 0.6 is 12.4 Å². The number of sulfonamides is 1. The van der Waals surface area contributed by atoms with Crippen LogP contribution in [-0.2, 0) is 21.2 Å². The van der Waals surface area contributed by atoms with E-state index >= 15 is 0 Å². The Bertz CT molecular complexity index is 910. The second-order valence-electron chi connectivity index (χ2n) is 6.97. The van der Waals surface area contributed by atoms with Crippen molar-refractivity contribution < 1.29 is 17.6 Å². The number of halogens is 2. The molecule has 1 amide bonds. The SMILES string of the molecule is CC(C)(C)NS(=O)(=O)c1cc(NC(=O)Cc2ccc(N)cc2)ccc1F.Cl. The standard InChI is InChI=1S/C18H22FN3O3S.ClH/c1-18(2,3)22-26(24,25)16-11-14(8-9-15(16)19)21-17(23)10-12-4-6-13(20)7-5-12;/h4-9,11,22H,10,20H2,1-3H3,(H,21,23);1H. The molecular formula is C18H23ClFN3O3S. The lowest BCUT2D eigenvalue weighted by Gasteiger charge is -2.20. The third-order valence-electron chi connectivity index (χ3n) is 3.29. The molecule has 2 aromatic carbocycles. The molecule has 6 nitrogen and oxygen atoms in total. The van der Waals surface area contributed by atoms with E-state index in [0.29, 0.717) is 5.69 Å². The number of hydrogen-bond acceptors (Lipinski definition) is 4. The lowest BCUT2D eigenvalue weighted by Crippen LogP contribution is -2.40. The second-order valence-corrected chi connectivity index (χ2v) is 8.62. The molecule has 0 heterocycles. The fourth-order valence-electron chi connectivity index (χ4n) is 2.27. The molecule has 0 aromatic heterocycles. The Balaban J connectivity index is 0.00000364. The van der Waals surface area contributed by atoms with Crippen LogP contribution in [0.1, 0.15) is 26.3 Å². The van der Waals surface area contributed by atoms with Crippen LogP contribution in [0.5, 0.6) is 0 Å². The highest BCUT2D eigenvalue weighted by atomic mass is 35.5. The predicted molar refractivity (Wildman–Crippen MR) is 107 cm³/mol. The number of nitrogens with two attached hydrogens (primary N) is 1. The highest BCUT2D eigenvalue weighted by molar-refractivity contribution is 7.89. The molecule has 0 unspecified atom stereocenters. The molecule has 0 aliphatic rings. The molecule has 4 N–H and O–H groups in total. The molecule has 9 heteroatoms. The largest absolute Gasteiger partial charge is 0.399 e. The van der Waals surface area contributed by atoms with Gasteiger partial charge < -0.3 is 11.1 Å². The molecule has 0 saturated heterocycles. The van der Waals surface area contributed by atoms with Crippen molar-refractivity contribution in [1.82, 2.24) is 4.72 Å². The van der Waals surface area contributed by atoms with Gasteiger partial charge in [-0.25, -0.2) is 17.5 Å². The highest BCUT2D eigenvalue weighted by Gasteiger charge is 2.25. The average molecular weight is 416 g/mol. The first-order chi connectivity index (χ1) is 12.0. The number of hydrogen-bond donors (Lipinski definition) is 3. The number of amides is 1. The third kappa shape index (κ3) is 6.82. The number of benzene rings is 2. The molecule has 0 radical (unpaired) electrons. The Morgan fingerprint density at radius 2 is 1.70 bits per heavy atom. The minimum Gasteiger partial charge on any atom is -0.399 e. The smallest absolute Gasteiger partial charge is 0.244 e. The van der Waals surface area contributed by atoms with Gasteiger partial charge in [-0.05, 0) is 56.7 Å². The van der Waals surface area contributed by atoms with Gasteiger partial charge in [-0.2, -0.15) is 0 Å². The zero-order chi connectivity index (χ0) is 19.5. The van der Waals surface area contributed by atoms with Crippen LogP contribution in [0, 0.1) is 5.82 Å². The van der Waals surface area contributed by atoms with Gasteiger partial charge in [0.1, 0.15) is 10.7 Å². The maximum Gasteiger partial charge on any atom is 0.244 e. The van der Waals surface area contributed by atoms with Crippen LogP contribution in [-0.4, -0.2) is 19.9 Å². The number of carbonyl (C=O) groups excluding carboxylic acids is 1. The zero-order valence-electron chi connectivity index (χ0n) is 15.2. The van der Waals surface area contributed by atoms with Crippen molar-refractivity contribution in [2.24, 2.45) is 0 Å². The summed E-state index contributed by atoms with van der Waals surface area (Å²) in [5.41, 5.74) is 6.37. The van der Waals surface area contributed by atoms with Crippen molar-refractivity contribution in [3.05, 3.63) is 53.8 Å². The molecule has 0 aliphatic heterocycles. The Kier molecular flexibility index (Phi) is 7.36. The highest BCUT2D eigenvalue weighted by Crippen LogP contribution is 2.21. The quantitative estimate of drug-likeness (QED) is 0.653. The molecule has 148 valence electrons. The number of anilines is 2. The van der Waals surface area contributed by atoms with Crippen molar-refractivity contribution in [2.75, 3.05) is 11.1 Å². The lowest BCUT2D eigenvalue weighted by atomic mass is 10.1. The molecule has 0 spiro atoms. The minimum atomic E-state index is -4.06. The molecule has 27 heavy (non-hydrogen) atoms. The zero-order valence-corrected chi connectivity index (χ0v) is 16.9. The molecule has 2 aromatic rings. The number of carbonyl (C=O) groups is 1. The van der Waals surface area contributed by atoms with Crippen LogP contribution in [0.2, 0.25) is 0 Å². The Labute approximate surface area is 164 Å². The van der Waals surface area contributed by atoms with E-state index in [1.54, 1.807) is 45.0 Å². The maximum atomic E-state index is 14.0. The van der Waals surface area contributed by atoms with Gasteiger partial charge in [-0.15, -0.1) is 12.4 Å². The van der Waals surface area contributed by atoms with Crippen LogP contribution in [0.25, 0.3) is 0 Å². The van der Waals surface area contributed by atoms with Crippen LogP contribution < -0.4 is 15.8 Å². The second kappa shape index (κ2) is 8.69. The van der Waals surface area contributed by atoms with E-state index in [1.165, 1.54) is 6.07 Å². The summed E-state index contributed by atoms with van der Waals surface area (Å²) in [4.78, 5) is 11.6. The summed E-state index contributed by atoms with van der Waals surface area (Å²) < 4.78 is 41.1. The number of nitrogens with one attached hydrogen (secondary N) is 2. The molecule has 0 aliphatic carbocycles. The Morgan fingerprint density at radius 1 is 1.11 bits per heavy atom. The van der Waals surface area contributed by atoms with Crippen molar-refractivity contribution in [3.63, 3.8) is 0 Å². The van der Waals surface area contributed by atoms with Gasteiger partial charge in [0, 0.05) is 16.9 Å². The molecule has 0 saturated carbocycles. The van der Waals surface area contributed by atoms with Crippen LogP contribution in [0.15, 0.2) is 47.4 Å². The van der Waals surface area contributed by atoms with Crippen molar-refractivity contribution >= 4 is 39.7 Å². The summed E-state index contributed by atoms with van der Waals surface area (Å²) in [6.45, 7) is 4.96. The van der Waals surface area contributed by atoms with Gasteiger partial charge in [0.25, 0.3) is 0 Å². The van der Waals surface area contributed by atoms with E-state index in [2.05, 4.69) is 10.0 Å². The minimum absolute atomic E-state index is 0. The molecule has 2 rings (SSSR count). The molecular weight excluding hydrogens is 393 g/mol. The fraction of sp³-hybridized carbons (Fsp3) is 0.278. The third-order valence-corrected chi connectivity index (χ3v) is 5.06. The number of rotatable bonds is 5. The fourth-order valence-corrected chi connectivity index (χ4v) is 3.79. The molecule has 0 fully saturated rings. The lowest BCUT2D eigenvalue weighted by molar-refractivity contribution is -0.115. The summed E-state index contributed by atoms with van der Waals surface area (Å²) in [7, 11) is -4.06.